The lowest BCUT2D eigenvalue weighted by Crippen LogP contribution is -2.55. The van der Waals surface area contributed by atoms with E-state index >= 15 is 0 Å². The first-order valence-corrected chi connectivity index (χ1v) is 6.73. The maximum atomic E-state index is 12.1. The van der Waals surface area contributed by atoms with Gasteiger partial charge in [0.25, 0.3) is 0 Å². The van der Waals surface area contributed by atoms with E-state index in [-0.39, 0.29) is 17.4 Å². The number of nitrogens with two attached hydrogens (primary N) is 1. The van der Waals surface area contributed by atoms with Gasteiger partial charge in [-0.3, -0.25) is 4.79 Å². The van der Waals surface area contributed by atoms with Crippen LogP contribution in [-0.2, 0) is 4.79 Å². The van der Waals surface area contributed by atoms with Crippen LogP contribution >= 0.6 is 0 Å². The Morgan fingerprint density at radius 3 is 2.38 bits per heavy atom. The zero-order chi connectivity index (χ0) is 11.6. The van der Waals surface area contributed by atoms with Gasteiger partial charge in [-0.15, -0.1) is 0 Å². The third-order valence-corrected chi connectivity index (χ3v) is 4.52. The second kappa shape index (κ2) is 4.74. The molecule has 0 aliphatic heterocycles. The molecule has 2 saturated carbocycles. The lowest BCUT2D eigenvalue weighted by Gasteiger charge is -2.43. The third-order valence-electron chi connectivity index (χ3n) is 4.52. The number of nitrogens with one attached hydrogen (secondary N) is 1. The molecule has 0 radical (unpaired) electrons. The number of rotatable bonds is 3. The van der Waals surface area contributed by atoms with Gasteiger partial charge in [0.05, 0.1) is 0 Å². The number of hydrogen-bond donors (Lipinski definition) is 2. The second-order valence-corrected chi connectivity index (χ2v) is 5.59. The molecular formula is C13H24N2O. The van der Waals surface area contributed by atoms with Gasteiger partial charge >= 0.3 is 0 Å². The Bertz CT molecular complexity index is 247. The molecule has 2 aliphatic rings. The minimum Gasteiger partial charge on any atom is -0.350 e. The summed E-state index contributed by atoms with van der Waals surface area (Å²) in [4.78, 5) is 12.1. The van der Waals surface area contributed by atoms with Gasteiger partial charge in [-0.1, -0.05) is 6.92 Å². The molecule has 2 aliphatic carbocycles. The zero-order valence-electron chi connectivity index (χ0n) is 10.3. The van der Waals surface area contributed by atoms with Crippen molar-refractivity contribution in [3.05, 3.63) is 0 Å². The molecule has 92 valence electrons. The normalized spacial score (nSPS) is 32.9. The first-order chi connectivity index (χ1) is 7.65. The van der Waals surface area contributed by atoms with Crippen LogP contribution in [0.1, 0.15) is 58.3 Å². The van der Waals surface area contributed by atoms with Crippen molar-refractivity contribution < 1.29 is 4.79 Å². The molecule has 3 N–H and O–H groups in total. The maximum absolute atomic E-state index is 12.1. The first kappa shape index (κ1) is 11.9. The Morgan fingerprint density at radius 2 is 1.94 bits per heavy atom. The Hall–Kier alpha value is -0.570. The zero-order valence-corrected chi connectivity index (χ0v) is 10.3. The van der Waals surface area contributed by atoms with Gasteiger partial charge in [0.2, 0.25) is 5.91 Å². The Kier molecular flexibility index (Phi) is 3.53. The molecule has 0 saturated heterocycles. The van der Waals surface area contributed by atoms with Crippen molar-refractivity contribution in [2.75, 3.05) is 0 Å². The summed E-state index contributed by atoms with van der Waals surface area (Å²) in [6.07, 6.45) is 8.66. The van der Waals surface area contributed by atoms with Crippen LogP contribution in [0.5, 0.6) is 0 Å². The standard InChI is InChI=1S/C13H24N2O/c1-2-13(8-3-9-13)15-12(16)10-4-6-11(14)7-5-10/h10-11H,2-9,14H2,1H3,(H,15,16). The summed E-state index contributed by atoms with van der Waals surface area (Å²) in [5, 5.41) is 3.28. The molecule has 0 unspecified atom stereocenters. The molecule has 0 heterocycles. The molecule has 0 bridgehead atoms. The molecule has 0 atom stereocenters. The van der Waals surface area contributed by atoms with E-state index in [2.05, 4.69) is 12.2 Å². The first-order valence-electron chi connectivity index (χ1n) is 6.73. The lowest BCUT2D eigenvalue weighted by atomic mass is 9.74. The van der Waals surface area contributed by atoms with Crippen LogP contribution in [0.3, 0.4) is 0 Å². The Labute approximate surface area is 98.2 Å². The summed E-state index contributed by atoms with van der Waals surface area (Å²) in [6, 6.07) is 0.327. The van der Waals surface area contributed by atoms with E-state index in [0.29, 0.717) is 6.04 Å². The fraction of sp³-hybridized carbons (Fsp3) is 0.923. The highest BCUT2D eigenvalue weighted by molar-refractivity contribution is 5.79. The molecule has 0 aromatic rings. The highest BCUT2D eigenvalue weighted by Crippen LogP contribution is 2.35. The number of carbonyl (C=O) groups excluding carboxylic acids is 1. The fourth-order valence-electron chi connectivity index (χ4n) is 2.92. The summed E-state index contributed by atoms with van der Waals surface area (Å²) < 4.78 is 0. The van der Waals surface area contributed by atoms with Crippen molar-refractivity contribution in [2.24, 2.45) is 11.7 Å². The molecule has 16 heavy (non-hydrogen) atoms. The highest BCUT2D eigenvalue weighted by atomic mass is 16.2. The fourth-order valence-corrected chi connectivity index (χ4v) is 2.92. The Balaban J connectivity index is 1.83. The van der Waals surface area contributed by atoms with Gasteiger partial charge in [0, 0.05) is 17.5 Å². The van der Waals surface area contributed by atoms with Crippen molar-refractivity contribution in [2.45, 2.75) is 69.9 Å². The molecule has 0 aromatic heterocycles. The number of carbonyl (C=O) groups is 1. The van der Waals surface area contributed by atoms with Gasteiger partial charge in [-0.05, 0) is 51.4 Å². The van der Waals surface area contributed by atoms with E-state index in [4.69, 9.17) is 5.73 Å². The predicted octanol–water partition coefficient (Wildman–Crippen LogP) is 1.95. The van der Waals surface area contributed by atoms with E-state index < -0.39 is 0 Å². The van der Waals surface area contributed by atoms with Crippen molar-refractivity contribution >= 4 is 5.91 Å². The van der Waals surface area contributed by atoms with Crippen molar-refractivity contribution in [3.63, 3.8) is 0 Å². The summed E-state index contributed by atoms with van der Waals surface area (Å²) >= 11 is 0. The van der Waals surface area contributed by atoms with Gasteiger partial charge < -0.3 is 11.1 Å². The van der Waals surface area contributed by atoms with Gasteiger partial charge in [-0.25, -0.2) is 0 Å². The van der Waals surface area contributed by atoms with Crippen LogP contribution in [0.4, 0.5) is 0 Å². The van der Waals surface area contributed by atoms with Crippen LogP contribution in [0.15, 0.2) is 0 Å². The number of hydrogen-bond acceptors (Lipinski definition) is 2. The third kappa shape index (κ3) is 2.40. The van der Waals surface area contributed by atoms with Gasteiger partial charge in [0.1, 0.15) is 0 Å². The lowest BCUT2D eigenvalue weighted by molar-refractivity contribution is -0.129. The molecule has 0 aromatic carbocycles. The minimum atomic E-state index is 0.149. The van der Waals surface area contributed by atoms with E-state index in [0.717, 1.165) is 32.1 Å². The van der Waals surface area contributed by atoms with Crippen LogP contribution < -0.4 is 11.1 Å². The van der Waals surface area contributed by atoms with E-state index in [1.807, 2.05) is 0 Å². The molecule has 2 fully saturated rings. The number of amides is 1. The monoisotopic (exact) mass is 224 g/mol. The maximum Gasteiger partial charge on any atom is 0.223 e. The summed E-state index contributed by atoms with van der Waals surface area (Å²) in [6.45, 7) is 2.18. The van der Waals surface area contributed by atoms with Crippen molar-refractivity contribution in [1.29, 1.82) is 0 Å². The van der Waals surface area contributed by atoms with Crippen molar-refractivity contribution in [1.82, 2.24) is 5.32 Å². The topological polar surface area (TPSA) is 55.1 Å². The summed E-state index contributed by atoms with van der Waals surface area (Å²) in [7, 11) is 0. The molecule has 0 spiro atoms. The summed E-state index contributed by atoms with van der Waals surface area (Å²) in [5.41, 5.74) is 6.01. The molecule has 1 amide bonds. The van der Waals surface area contributed by atoms with Gasteiger partial charge in [0.15, 0.2) is 0 Å². The summed E-state index contributed by atoms with van der Waals surface area (Å²) in [5.74, 6) is 0.511. The van der Waals surface area contributed by atoms with E-state index in [1.165, 1.54) is 19.3 Å². The molecular weight excluding hydrogens is 200 g/mol. The SMILES string of the molecule is CCC1(NC(=O)C2CCC(N)CC2)CCC1. The smallest absolute Gasteiger partial charge is 0.223 e. The quantitative estimate of drug-likeness (QED) is 0.770. The van der Waals surface area contributed by atoms with E-state index in [1.54, 1.807) is 0 Å². The van der Waals surface area contributed by atoms with E-state index in [9.17, 15) is 4.79 Å². The average Bonchev–Trinajstić information content (AvgIpc) is 2.24. The Morgan fingerprint density at radius 1 is 1.31 bits per heavy atom. The predicted molar refractivity (Wildman–Crippen MR) is 64.9 cm³/mol. The average molecular weight is 224 g/mol. The van der Waals surface area contributed by atoms with Gasteiger partial charge in [-0.2, -0.15) is 0 Å². The second-order valence-electron chi connectivity index (χ2n) is 5.59. The molecule has 3 heteroatoms. The van der Waals surface area contributed by atoms with Crippen LogP contribution in [-0.4, -0.2) is 17.5 Å². The largest absolute Gasteiger partial charge is 0.350 e. The highest BCUT2D eigenvalue weighted by Gasteiger charge is 2.38. The minimum absolute atomic E-state index is 0.149. The van der Waals surface area contributed by atoms with Crippen LogP contribution in [0, 0.1) is 5.92 Å². The van der Waals surface area contributed by atoms with Crippen LogP contribution in [0.2, 0.25) is 0 Å². The molecule has 2 rings (SSSR count). The van der Waals surface area contributed by atoms with Crippen LogP contribution in [0.25, 0.3) is 0 Å². The molecule has 3 nitrogen and oxygen atoms in total. The van der Waals surface area contributed by atoms with Crippen molar-refractivity contribution in [3.8, 4) is 0 Å².